The SMILES string of the molecule is CCCCCc1ccc(C(=O)N(Cc2nc(C(=O)OC)co2)C2CCCCC2)cc1. The van der Waals surface area contributed by atoms with Crippen molar-refractivity contribution < 1.29 is 18.7 Å². The van der Waals surface area contributed by atoms with Gasteiger partial charge in [0, 0.05) is 11.6 Å². The molecular formula is C24H32N2O4. The van der Waals surface area contributed by atoms with E-state index in [0.717, 1.165) is 32.1 Å². The number of carbonyl (C=O) groups excluding carboxylic acids is 2. The van der Waals surface area contributed by atoms with Gasteiger partial charge in [0.15, 0.2) is 5.69 Å². The van der Waals surface area contributed by atoms with Crippen molar-refractivity contribution >= 4 is 11.9 Å². The first-order valence-corrected chi connectivity index (χ1v) is 11.0. The monoisotopic (exact) mass is 412 g/mol. The number of carbonyl (C=O) groups is 2. The molecule has 0 unspecified atom stereocenters. The molecule has 0 saturated heterocycles. The molecule has 1 aromatic heterocycles. The molecule has 0 bridgehead atoms. The Kier molecular flexibility index (Phi) is 8.05. The molecular weight excluding hydrogens is 380 g/mol. The maximum atomic E-state index is 13.4. The fraction of sp³-hybridized carbons (Fsp3) is 0.542. The molecule has 1 heterocycles. The highest BCUT2D eigenvalue weighted by Crippen LogP contribution is 2.26. The van der Waals surface area contributed by atoms with Crippen molar-refractivity contribution in [3.05, 3.63) is 53.2 Å². The number of benzene rings is 1. The van der Waals surface area contributed by atoms with Gasteiger partial charge in [0.2, 0.25) is 5.89 Å². The van der Waals surface area contributed by atoms with E-state index >= 15 is 0 Å². The lowest BCUT2D eigenvalue weighted by Crippen LogP contribution is -2.41. The molecule has 0 atom stereocenters. The minimum absolute atomic E-state index is 0.0140. The molecule has 0 spiro atoms. The Morgan fingerprint density at radius 1 is 1.13 bits per heavy atom. The van der Waals surface area contributed by atoms with Gasteiger partial charge >= 0.3 is 5.97 Å². The van der Waals surface area contributed by atoms with Crippen LogP contribution in [0.4, 0.5) is 0 Å². The summed E-state index contributed by atoms with van der Waals surface area (Å²) in [5.41, 5.74) is 2.07. The first-order valence-electron chi connectivity index (χ1n) is 11.0. The minimum atomic E-state index is -0.542. The van der Waals surface area contributed by atoms with Gasteiger partial charge in [0.1, 0.15) is 6.26 Å². The van der Waals surface area contributed by atoms with Crippen molar-refractivity contribution in [2.24, 2.45) is 0 Å². The van der Waals surface area contributed by atoms with Gasteiger partial charge in [-0.1, -0.05) is 51.2 Å². The van der Waals surface area contributed by atoms with Crippen LogP contribution in [0.3, 0.4) is 0 Å². The van der Waals surface area contributed by atoms with Gasteiger partial charge in [-0.3, -0.25) is 4.79 Å². The number of aromatic nitrogens is 1. The van der Waals surface area contributed by atoms with Crippen molar-refractivity contribution in [2.75, 3.05) is 7.11 Å². The summed E-state index contributed by atoms with van der Waals surface area (Å²) in [5, 5.41) is 0. The van der Waals surface area contributed by atoms with E-state index in [1.54, 1.807) is 0 Å². The Bertz CT molecular complexity index is 822. The molecule has 6 heteroatoms. The number of esters is 1. The zero-order chi connectivity index (χ0) is 21.3. The fourth-order valence-electron chi connectivity index (χ4n) is 4.05. The zero-order valence-corrected chi connectivity index (χ0v) is 18.1. The second kappa shape index (κ2) is 11.0. The molecule has 1 saturated carbocycles. The van der Waals surface area contributed by atoms with Gasteiger partial charge in [-0.15, -0.1) is 0 Å². The van der Waals surface area contributed by atoms with Crippen LogP contribution in [0.25, 0.3) is 0 Å². The number of aryl methyl sites for hydroxylation is 1. The standard InChI is InChI=1S/C24H32N2O4/c1-3-4-6-9-18-12-14-19(15-13-18)23(27)26(20-10-7-5-8-11-20)16-22-25-21(17-30-22)24(28)29-2/h12-15,17,20H,3-11,16H2,1-2H3. The highest BCUT2D eigenvalue weighted by molar-refractivity contribution is 5.94. The smallest absolute Gasteiger partial charge is 0.360 e. The third-order valence-electron chi connectivity index (χ3n) is 5.80. The lowest BCUT2D eigenvalue weighted by Gasteiger charge is -2.33. The van der Waals surface area contributed by atoms with E-state index in [2.05, 4.69) is 24.0 Å². The maximum Gasteiger partial charge on any atom is 0.360 e. The van der Waals surface area contributed by atoms with Crippen molar-refractivity contribution in [1.29, 1.82) is 0 Å². The minimum Gasteiger partial charge on any atom is -0.464 e. The van der Waals surface area contributed by atoms with Gasteiger partial charge in [0.05, 0.1) is 13.7 Å². The normalized spacial score (nSPS) is 14.5. The van der Waals surface area contributed by atoms with Crippen molar-refractivity contribution in [3.63, 3.8) is 0 Å². The third-order valence-corrected chi connectivity index (χ3v) is 5.80. The van der Waals surface area contributed by atoms with E-state index < -0.39 is 5.97 Å². The van der Waals surface area contributed by atoms with Crippen LogP contribution in [0.5, 0.6) is 0 Å². The Balaban J connectivity index is 1.75. The summed E-state index contributed by atoms with van der Waals surface area (Å²) in [6, 6.07) is 8.12. The number of nitrogens with zero attached hydrogens (tertiary/aromatic N) is 2. The molecule has 3 rings (SSSR count). The number of hydrogen-bond acceptors (Lipinski definition) is 5. The molecule has 162 valence electrons. The van der Waals surface area contributed by atoms with Gasteiger partial charge in [-0.2, -0.15) is 0 Å². The van der Waals surface area contributed by atoms with E-state index in [1.807, 2.05) is 17.0 Å². The van der Waals surface area contributed by atoms with Gasteiger partial charge < -0.3 is 14.1 Å². The molecule has 0 N–H and O–H groups in total. The number of unbranched alkanes of at least 4 members (excludes halogenated alkanes) is 2. The molecule has 1 amide bonds. The average molecular weight is 413 g/mol. The van der Waals surface area contributed by atoms with E-state index in [1.165, 1.54) is 44.6 Å². The predicted molar refractivity (Wildman–Crippen MR) is 114 cm³/mol. The Labute approximate surface area is 178 Å². The van der Waals surface area contributed by atoms with Gasteiger partial charge in [-0.05, 0) is 43.4 Å². The summed E-state index contributed by atoms with van der Waals surface area (Å²) in [5.74, 6) is -0.204. The lowest BCUT2D eigenvalue weighted by molar-refractivity contribution is 0.0590. The van der Waals surface area contributed by atoms with Crippen LogP contribution >= 0.6 is 0 Å². The summed E-state index contributed by atoms with van der Waals surface area (Å²) in [7, 11) is 1.31. The zero-order valence-electron chi connectivity index (χ0n) is 18.1. The van der Waals surface area contributed by atoms with Crippen LogP contribution in [-0.2, 0) is 17.7 Å². The topological polar surface area (TPSA) is 72.6 Å². The molecule has 1 aliphatic carbocycles. The van der Waals surface area contributed by atoms with Gasteiger partial charge in [0.25, 0.3) is 5.91 Å². The Morgan fingerprint density at radius 2 is 1.87 bits per heavy atom. The summed E-state index contributed by atoms with van der Waals surface area (Å²) >= 11 is 0. The largest absolute Gasteiger partial charge is 0.464 e. The van der Waals surface area contributed by atoms with Crippen LogP contribution < -0.4 is 0 Å². The number of amides is 1. The molecule has 0 radical (unpaired) electrons. The second-order valence-electron chi connectivity index (χ2n) is 8.00. The molecule has 30 heavy (non-hydrogen) atoms. The Morgan fingerprint density at radius 3 is 2.53 bits per heavy atom. The summed E-state index contributed by atoms with van der Waals surface area (Å²) in [6.45, 7) is 2.45. The quantitative estimate of drug-likeness (QED) is 0.420. The van der Waals surface area contributed by atoms with E-state index in [4.69, 9.17) is 9.15 Å². The summed E-state index contributed by atoms with van der Waals surface area (Å²) in [6.07, 6.45) is 11.3. The van der Waals surface area contributed by atoms with Crippen LogP contribution in [0.1, 0.15) is 90.6 Å². The van der Waals surface area contributed by atoms with E-state index in [0.29, 0.717) is 11.5 Å². The molecule has 2 aromatic rings. The van der Waals surface area contributed by atoms with E-state index in [9.17, 15) is 9.59 Å². The highest BCUT2D eigenvalue weighted by atomic mass is 16.5. The molecule has 6 nitrogen and oxygen atoms in total. The van der Waals surface area contributed by atoms with Crippen LogP contribution in [0, 0.1) is 0 Å². The van der Waals surface area contributed by atoms with Crippen molar-refractivity contribution in [2.45, 2.75) is 77.3 Å². The average Bonchev–Trinajstić information content (AvgIpc) is 3.26. The first-order chi connectivity index (χ1) is 14.6. The lowest BCUT2D eigenvalue weighted by atomic mass is 9.93. The number of rotatable bonds is 9. The predicted octanol–water partition coefficient (Wildman–Crippen LogP) is 5.17. The maximum absolute atomic E-state index is 13.4. The number of oxazole rings is 1. The van der Waals surface area contributed by atoms with Crippen LogP contribution in [0.2, 0.25) is 0 Å². The summed E-state index contributed by atoms with van der Waals surface area (Å²) in [4.78, 5) is 31.1. The van der Waals surface area contributed by atoms with Crippen LogP contribution in [0.15, 0.2) is 34.9 Å². The summed E-state index contributed by atoms with van der Waals surface area (Å²) < 4.78 is 10.2. The molecule has 1 fully saturated rings. The highest BCUT2D eigenvalue weighted by Gasteiger charge is 2.28. The molecule has 1 aromatic carbocycles. The van der Waals surface area contributed by atoms with Crippen molar-refractivity contribution in [3.8, 4) is 0 Å². The fourth-order valence-corrected chi connectivity index (χ4v) is 4.05. The number of hydrogen-bond donors (Lipinski definition) is 0. The van der Waals surface area contributed by atoms with Crippen LogP contribution in [-0.4, -0.2) is 34.9 Å². The molecule has 0 aliphatic heterocycles. The third kappa shape index (κ3) is 5.71. The van der Waals surface area contributed by atoms with Crippen molar-refractivity contribution in [1.82, 2.24) is 9.88 Å². The number of ether oxygens (including phenoxy) is 1. The second-order valence-corrected chi connectivity index (χ2v) is 8.00. The molecule has 1 aliphatic rings. The number of methoxy groups -OCH3 is 1. The van der Waals surface area contributed by atoms with E-state index in [-0.39, 0.29) is 24.2 Å². The first kappa shape index (κ1) is 22.1. The van der Waals surface area contributed by atoms with Gasteiger partial charge in [-0.25, -0.2) is 9.78 Å². The Hall–Kier alpha value is -2.63.